The van der Waals surface area contributed by atoms with Crippen LogP contribution >= 0.6 is 0 Å². The minimum atomic E-state index is -1.92. The Labute approximate surface area is 204 Å². The Bertz CT molecular complexity index is 814. The van der Waals surface area contributed by atoms with Crippen LogP contribution in [0.25, 0.3) is 0 Å². The molecule has 0 heterocycles. The number of esters is 1. The summed E-state index contributed by atoms with van der Waals surface area (Å²) in [6.07, 6.45) is 7.80. The first-order valence-electron chi connectivity index (χ1n) is 13.2. The molecule has 0 aromatic rings. The number of ether oxygens (including phenoxy) is 1. The first kappa shape index (κ1) is 25.7. The molecule has 8 atom stereocenters. The highest BCUT2D eigenvalue weighted by molar-refractivity contribution is 6.70. The molecule has 0 unspecified atom stereocenters. The fourth-order valence-electron chi connectivity index (χ4n) is 8.94. The summed E-state index contributed by atoms with van der Waals surface area (Å²) in [6.45, 7) is 23.0. The number of rotatable bonds is 5. The maximum absolute atomic E-state index is 13.4. The van der Waals surface area contributed by atoms with Crippen LogP contribution in [0.5, 0.6) is 0 Å². The number of carbonyl (C=O) groups is 1. The SMILES string of the molecule is C=C1C[C@@]23C[C@H]1CC[C@@H]2[C@@]1(C)CCC[C@](C)(C(=O)OC)[C@@H]1[C@@H](O[Si](C)(C)C)[C@H]3O[Si](C)(C)C. The van der Waals surface area contributed by atoms with E-state index in [9.17, 15) is 4.79 Å². The van der Waals surface area contributed by atoms with Crippen molar-refractivity contribution < 1.29 is 18.4 Å². The second kappa shape index (κ2) is 8.04. The van der Waals surface area contributed by atoms with Crippen molar-refractivity contribution in [3.63, 3.8) is 0 Å². The molecule has 188 valence electrons. The molecule has 4 nitrogen and oxygen atoms in total. The van der Waals surface area contributed by atoms with Gasteiger partial charge in [-0.25, -0.2) is 0 Å². The van der Waals surface area contributed by atoms with Crippen molar-refractivity contribution in [2.45, 2.75) is 110 Å². The Balaban J connectivity index is 1.95. The van der Waals surface area contributed by atoms with Gasteiger partial charge in [-0.2, -0.15) is 0 Å². The van der Waals surface area contributed by atoms with Gasteiger partial charge in [-0.3, -0.25) is 4.79 Å². The summed E-state index contributed by atoms with van der Waals surface area (Å²) >= 11 is 0. The van der Waals surface area contributed by atoms with Crippen molar-refractivity contribution in [1.29, 1.82) is 0 Å². The fraction of sp³-hybridized carbons (Fsp3) is 0.889. The largest absolute Gasteiger partial charge is 0.469 e. The van der Waals surface area contributed by atoms with Gasteiger partial charge in [-0.1, -0.05) is 25.5 Å². The Morgan fingerprint density at radius 2 is 1.64 bits per heavy atom. The molecule has 0 aliphatic heterocycles. The van der Waals surface area contributed by atoms with Gasteiger partial charge in [0.15, 0.2) is 16.6 Å². The van der Waals surface area contributed by atoms with Crippen LogP contribution in [0.4, 0.5) is 0 Å². The summed E-state index contributed by atoms with van der Waals surface area (Å²) in [5.41, 5.74) is 1.02. The van der Waals surface area contributed by atoms with Crippen molar-refractivity contribution in [3.8, 4) is 0 Å². The lowest BCUT2D eigenvalue weighted by atomic mass is 9.39. The van der Waals surface area contributed by atoms with Gasteiger partial charge in [0.25, 0.3) is 0 Å². The molecule has 0 aromatic carbocycles. The molecule has 33 heavy (non-hydrogen) atoms. The van der Waals surface area contributed by atoms with Crippen LogP contribution in [0.1, 0.15) is 58.8 Å². The Hall–Kier alpha value is -0.436. The molecule has 0 aromatic heterocycles. The number of allylic oxidation sites excluding steroid dienone is 1. The second-order valence-electron chi connectivity index (χ2n) is 14.2. The zero-order chi connectivity index (χ0) is 24.6. The van der Waals surface area contributed by atoms with E-state index >= 15 is 0 Å². The van der Waals surface area contributed by atoms with Gasteiger partial charge in [-0.05, 0) is 102 Å². The summed E-state index contributed by atoms with van der Waals surface area (Å²) < 4.78 is 19.9. The van der Waals surface area contributed by atoms with Gasteiger partial charge >= 0.3 is 5.97 Å². The van der Waals surface area contributed by atoms with Crippen molar-refractivity contribution in [1.82, 2.24) is 0 Å². The average molecular weight is 493 g/mol. The molecule has 4 aliphatic carbocycles. The van der Waals surface area contributed by atoms with Crippen molar-refractivity contribution in [2.75, 3.05) is 7.11 Å². The standard InChI is InChI=1S/C27H48O4Si2/c1-18-16-27-17-19(18)12-13-20(27)25(2)14-11-15-26(3,24(28)29-4)22(25)21(30-32(5,6)7)23(27)31-33(8,9)10/h19-23H,1,11-17H2,2-10H3/t19-,20-,21-,22-,23-,25-,26+,27-/m1/s1. The molecular weight excluding hydrogens is 444 g/mol. The van der Waals surface area contributed by atoms with E-state index in [-0.39, 0.29) is 34.9 Å². The van der Waals surface area contributed by atoms with Gasteiger partial charge in [0.05, 0.1) is 24.7 Å². The summed E-state index contributed by atoms with van der Waals surface area (Å²) in [4.78, 5) is 13.4. The third-order valence-electron chi connectivity index (χ3n) is 9.68. The maximum atomic E-state index is 13.4. The second-order valence-corrected chi connectivity index (χ2v) is 23.1. The quantitative estimate of drug-likeness (QED) is 0.241. The summed E-state index contributed by atoms with van der Waals surface area (Å²) in [7, 11) is -2.25. The zero-order valence-electron chi connectivity index (χ0n) is 22.7. The van der Waals surface area contributed by atoms with Gasteiger partial charge in [0, 0.05) is 11.3 Å². The van der Waals surface area contributed by atoms with E-state index < -0.39 is 22.0 Å². The molecule has 0 N–H and O–H groups in total. The lowest BCUT2D eigenvalue weighted by Crippen LogP contribution is -2.71. The maximum Gasteiger partial charge on any atom is 0.311 e. The number of hydrogen-bond donors (Lipinski definition) is 0. The molecule has 4 fully saturated rings. The summed E-state index contributed by atoms with van der Waals surface area (Å²) in [5, 5.41) is 0. The van der Waals surface area contributed by atoms with Crippen LogP contribution in [0.3, 0.4) is 0 Å². The van der Waals surface area contributed by atoms with E-state index in [4.69, 9.17) is 13.6 Å². The Morgan fingerprint density at radius 3 is 2.21 bits per heavy atom. The van der Waals surface area contributed by atoms with Gasteiger partial charge in [-0.15, -0.1) is 0 Å². The highest BCUT2D eigenvalue weighted by Gasteiger charge is 2.72. The molecule has 4 saturated carbocycles. The van der Waals surface area contributed by atoms with Gasteiger partial charge < -0.3 is 13.6 Å². The van der Waals surface area contributed by atoms with Crippen LogP contribution in [-0.4, -0.2) is 41.9 Å². The minimum absolute atomic E-state index is 0.0306. The molecular formula is C27H48O4Si2. The molecule has 0 amide bonds. The van der Waals surface area contributed by atoms with Crippen molar-refractivity contribution in [3.05, 3.63) is 12.2 Å². The van der Waals surface area contributed by atoms with Crippen LogP contribution in [0, 0.1) is 34.0 Å². The van der Waals surface area contributed by atoms with Crippen LogP contribution < -0.4 is 0 Å². The molecule has 1 spiro atoms. The van der Waals surface area contributed by atoms with E-state index in [0.717, 1.165) is 19.3 Å². The number of hydrogen-bond acceptors (Lipinski definition) is 4. The monoisotopic (exact) mass is 492 g/mol. The van der Waals surface area contributed by atoms with E-state index in [1.807, 2.05) is 0 Å². The third-order valence-corrected chi connectivity index (χ3v) is 11.6. The van der Waals surface area contributed by atoms with Gasteiger partial charge in [0.2, 0.25) is 0 Å². The number of carbonyl (C=O) groups excluding carboxylic acids is 1. The van der Waals surface area contributed by atoms with Crippen LogP contribution in [0.2, 0.25) is 39.3 Å². The molecule has 6 heteroatoms. The molecule has 4 aliphatic rings. The molecule has 4 rings (SSSR count). The minimum Gasteiger partial charge on any atom is -0.469 e. The molecule has 0 radical (unpaired) electrons. The highest BCUT2D eigenvalue weighted by Crippen LogP contribution is 2.73. The lowest BCUT2D eigenvalue weighted by molar-refractivity contribution is -0.246. The molecule has 2 bridgehead atoms. The first-order valence-corrected chi connectivity index (χ1v) is 20.0. The highest BCUT2D eigenvalue weighted by atomic mass is 28.4. The normalized spacial score (nSPS) is 45.4. The van der Waals surface area contributed by atoms with Crippen molar-refractivity contribution in [2.24, 2.45) is 34.0 Å². The molecule has 0 saturated heterocycles. The average Bonchev–Trinajstić information content (AvgIpc) is 2.92. The van der Waals surface area contributed by atoms with E-state index in [0.29, 0.717) is 11.8 Å². The van der Waals surface area contributed by atoms with E-state index in [2.05, 4.69) is 59.7 Å². The van der Waals surface area contributed by atoms with E-state index in [1.54, 1.807) is 7.11 Å². The predicted octanol–water partition coefficient (Wildman–Crippen LogP) is 6.79. The Kier molecular flexibility index (Phi) is 6.25. The summed E-state index contributed by atoms with van der Waals surface area (Å²) in [5.74, 6) is 1.21. The number of fused-ring (bicyclic) bond motifs is 3. The van der Waals surface area contributed by atoms with Crippen LogP contribution in [0.15, 0.2) is 12.2 Å². The van der Waals surface area contributed by atoms with Crippen molar-refractivity contribution >= 4 is 22.6 Å². The number of methoxy groups -OCH3 is 1. The fourth-order valence-corrected chi connectivity index (χ4v) is 11.1. The van der Waals surface area contributed by atoms with E-state index in [1.165, 1.54) is 31.3 Å². The topological polar surface area (TPSA) is 44.8 Å². The predicted molar refractivity (Wildman–Crippen MR) is 139 cm³/mol. The zero-order valence-corrected chi connectivity index (χ0v) is 24.7. The van der Waals surface area contributed by atoms with Gasteiger partial charge in [0.1, 0.15) is 0 Å². The third kappa shape index (κ3) is 4.05. The van der Waals surface area contributed by atoms with Crippen LogP contribution in [-0.2, 0) is 18.4 Å². The smallest absolute Gasteiger partial charge is 0.311 e. The Morgan fingerprint density at radius 1 is 1.00 bits per heavy atom. The first-order chi connectivity index (χ1) is 15.1. The lowest BCUT2D eigenvalue weighted by Gasteiger charge is -2.69. The summed E-state index contributed by atoms with van der Waals surface area (Å²) in [6, 6.07) is 0.